The van der Waals surface area contributed by atoms with Crippen molar-refractivity contribution in [1.29, 1.82) is 5.26 Å². The van der Waals surface area contributed by atoms with Gasteiger partial charge in [-0.05, 0) is 42.4 Å². The van der Waals surface area contributed by atoms with Crippen LogP contribution in [0.4, 0.5) is 5.00 Å². The molecule has 22 heavy (non-hydrogen) atoms. The van der Waals surface area contributed by atoms with Crippen LogP contribution in [0.1, 0.15) is 34.9 Å². The van der Waals surface area contributed by atoms with Crippen LogP contribution in [0.3, 0.4) is 0 Å². The predicted molar refractivity (Wildman–Crippen MR) is 93.9 cm³/mol. The van der Waals surface area contributed by atoms with Gasteiger partial charge in [0.1, 0.15) is 11.1 Å². The van der Waals surface area contributed by atoms with Gasteiger partial charge < -0.3 is 0 Å². The van der Waals surface area contributed by atoms with Crippen LogP contribution < -0.4 is 0 Å². The van der Waals surface area contributed by atoms with E-state index in [4.69, 9.17) is 0 Å². The second kappa shape index (κ2) is 6.72. The Balaban J connectivity index is 1.79. The number of hydrogen-bond donors (Lipinski definition) is 0. The fraction of sp³-hybridized carbons (Fsp3) is 0.263. The van der Waals surface area contributed by atoms with Gasteiger partial charge in [-0.3, -0.25) is 0 Å². The van der Waals surface area contributed by atoms with Crippen LogP contribution >= 0.6 is 11.3 Å². The fourth-order valence-electron chi connectivity index (χ4n) is 2.77. The molecule has 1 aliphatic rings. The van der Waals surface area contributed by atoms with Crippen LogP contribution in [0.25, 0.3) is 6.08 Å². The monoisotopic (exact) mass is 306 g/mol. The molecule has 0 saturated carbocycles. The maximum absolute atomic E-state index is 9.43. The summed E-state index contributed by atoms with van der Waals surface area (Å²) in [4.78, 5) is 5.86. The number of allylic oxidation sites excluding steroid dienone is 1. The summed E-state index contributed by atoms with van der Waals surface area (Å²) >= 11 is 1.68. The standard InChI is InChI=1S/C19H18N2S/c1-14-9-10-16-17(13-20)19(22-18(16)12-14)21-11-5-8-15-6-3-2-4-7-15/h2-8,11,14H,9-10,12H2,1H3/b8-5+,21-11+. The molecule has 1 aliphatic carbocycles. The van der Waals surface area contributed by atoms with Crippen molar-refractivity contribution in [2.24, 2.45) is 10.9 Å². The number of thiophene rings is 1. The molecule has 110 valence electrons. The zero-order chi connectivity index (χ0) is 15.4. The molecule has 3 heteroatoms. The van der Waals surface area contributed by atoms with Gasteiger partial charge in [-0.2, -0.15) is 5.26 Å². The van der Waals surface area contributed by atoms with Gasteiger partial charge in [-0.1, -0.05) is 43.3 Å². The Kier molecular flexibility index (Phi) is 4.50. The van der Waals surface area contributed by atoms with Crippen molar-refractivity contribution < 1.29 is 0 Å². The molecule has 1 atom stereocenters. The molecule has 0 aliphatic heterocycles. The average molecular weight is 306 g/mol. The Morgan fingerprint density at radius 3 is 2.91 bits per heavy atom. The topological polar surface area (TPSA) is 36.1 Å². The number of hydrogen-bond acceptors (Lipinski definition) is 3. The Morgan fingerprint density at radius 2 is 2.14 bits per heavy atom. The first-order valence-electron chi connectivity index (χ1n) is 7.58. The van der Waals surface area contributed by atoms with Crippen molar-refractivity contribution in [2.75, 3.05) is 0 Å². The number of benzene rings is 1. The highest BCUT2D eigenvalue weighted by Gasteiger charge is 2.23. The molecule has 0 saturated heterocycles. The minimum absolute atomic E-state index is 0.715. The molecule has 3 rings (SSSR count). The summed E-state index contributed by atoms with van der Waals surface area (Å²) in [7, 11) is 0. The molecule has 1 aromatic carbocycles. The van der Waals surface area contributed by atoms with Crippen LogP contribution in [-0.4, -0.2) is 6.21 Å². The van der Waals surface area contributed by atoms with Crippen LogP contribution in [0.2, 0.25) is 0 Å². The predicted octanol–water partition coefficient (Wildman–Crippen LogP) is 5.16. The Hall–Kier alpha value is -2.18. The van der Waals surface area contributed by atoms with Crippen LogP contribution in [0, 0.1) is 17.2 Å². The number of aliphatic imine (C=N–C) groups is 1. The molecule has 2 nitrogen and oxygen atoms in total. The van der Waals surface area contributed by atoms with Crippen LogP contribution in [0.15, 0.2) is 41.4 Å². The molecule has 0 fully saturated rings. The van der Waals surface area contributed by atoms with Crippen molar-refractivity contribution in [3.63, 3.8) is 0 Å². The highest BCUT2D eigenvalue weighted by molar-refractivity contribution is 7.16. The number of nitrogens with zero attached hydrogens (tertiary/aromatic N) is 2. The third-order valence-corrected chi connectivity index (χ3v) is 5.13. The fourth-order valence-corrected chi connectivity index (χ4v) is 4.08. The summed E-state index contributed by atoms with van der Waals surface area (Å²) in [5.41, 5.74) is 3.18. The summed E-state index contributed by atoms with van der Waals surface area (Å²) in [5, 5.41) is 10.3. The Morgan fingerprint density at radius 1 is 1.32 bits per heavy atom. The van der Waals surface area contributed by atoms with E-state index in [2.05, 4.69) is 30.1 Å². The van der Waals surface area contributed by atoms with E-state index in [1.54, 1.807) is 17.6 Å². The largest absolute Gasteiger partial charge is 0.245 e. The molecular formula is C19H18N2S. The Labute approximate surface area is 135 Å². The number of nitriles is 1. The molecule has 0 spiro atoms. The third kappa shape index (κ3) is 3.18. The zero-order valence-electron chi connectivity index (χ0n) is 12.6. The van der Waals surface area contributed by atoms with Gasteiger partial charge in [0.25, 0.3) is 0 Å². The first kappa shape index (κ1) is 14.7. The second-order valence-electron chi connectivity index (χ2n) is 5.69. The minimum Gasteiger partial charge on any atom is -0.245 e. The SMILES string of the molecule is CC1CCc2c(sc(/N=C/C=C/c3ccccc3)c2C#N)C1. The van der Waals surface area contributed by atoms with Crippen molar-refractivity contribution in [1.82, 2.24) is 0 Å². The maximum atomic E-state index is 9.43. The van der Waals surface area contributed by atoms with Gasteiger partial charge in [0.05, 0.1) is 5.56 Å². The minimum atomic E-state index is 0.715. The third-order valence-electron chi connectivity index (χ3n) is 3.97. The summed E-state index contributed by atoms with van der Waals surface area (Å²) < 4.78 is 0. The van der Waals surface area contributed by atoms with Crippen LogP contribution in [0.5, 0.6) is 0 Å². The smallest absolute Gasteiger partial charge is 0.134 e. The van der Waals surface area contributed by atoms with Crippen molar-refractivity contribution in [3.8, 4) is 6.07 Å². The quantitative estimate of drug-likeness (QED) is 0.721. The summed E-state index contributed by atoms with van der Waals surface area (Å²) in [6.07, 6.45) is 9.02. The van der Waals surface area contributed by atoms with E-state index in [9.17, 15) is 5.26 Å². The summed E-state index contributed by atoms with van der Waals surface area (Å²) in [6.45, 7) is 2.28. The van der Waals surface area contributed by atoms with E-state index in [0.717, 1.165) is 29.0 Å². The molecule has 1 heterocycles. The molecular weight excluding hydrogens is 288 g/mol. The first-order chi connectivity index (χ1) is 10.8. The molecule has 2 aromatic rings. The number of fused-ring (bicyclic) bond motifs is 1. The highest BCUT2D eigenvalue weighted by Crippen LogP contribution is 2.40. The van der Waals surface area contributed by atoms with E-state index in [-0.39, 0.29) is 0 Å². The van der Waals surface area contributed by atoms with Gasteiger partial charge in [-0.25, -0.2) is 4.99 Å². The van der Waals surface area contributed by atoms with E-state index in [0.29, 0.717) is 5.92 Å². The van der Waals surface area contributed by atoms with Crippen molar-refractivity contribution in [2.45, 2.75) is 26.2 Å². The highest BCUT2D eigenvalue weighted by atomic mass is 32.1. The first-order valence-corrected chi connectivity index (χ1v) is 8.40. The van der Waals surface area contributed by atoms with E-state index in [1.165, 1.54) is 16.9 Å². The second-order valence-corrected chi connectivity index (χ2v) is 6.78. The molecule has 1 unspecified atom stereocenters. The lowest BCUT2D eigenvalue weighted by atomic mass is 9.89. The van der Waals surface area contributed by atoms with Crippen molar-refractivity contribution in [3.05, 3.63) is 58.0 Å². The maximum Gasteiger partial charge on any atom is 0.134 e. The van der Waals surface area contributed by atoms with E-state index in [1.807, 2.05) is 30.4 Å². The zero-order valence-corrected chi connectivity index (χ0v) is 13.4. The van der Waals surface area contributed by atoms with Gasteiger partial charge in [0.2, 0.25) is 0 Å². The lowest BCUT2D eigenvalue weighted by Crippen LogP contribution is -2.09. The molecule has 0 N–H and O–H groups in total. The normalized spacial score (nSPS) is 17.7. The van der Waals surface area contributed by atoms with Crippen molar-refractivity contribution >= 4 is 28.6 Å². The molecule has 0 bridgehead atoms. The average Bonchev–Trinajstić information content (AvgIpc) is 2.89. The summed E-state index contributed by atoms with van der Waals surface area (Å²) in [6, 6.07) is 12.5. The van der Waals surface area contributed by atoms with Gasteiger partial charge in [0, 0.05) is 11.1 Å². The van der Waals surface area contributed by atoms with E-state index < -0.39 is 0 Å². The summed E-state index contributed by atoms with van der Waals surface area (Å²) in [5.74, 6) is 0.715. The number of rotatable bonds is 3. The molecule has 0 radical (unpaired) electrons. The van der Waals surface area contributed by atoms with Gasteiger partial charge >= 0.3 is 0 Å². The van der Waals surface area contributed by atoms with Gasteiger partial charge in [0.15, 0.2) is 0 Å². The molecule has 1 aromatic heterocycles. The van der Waals surface area contributed by atoms with Crippen LogP contribution in [-0.2, 0) is 12.8 Å². The molecule has 0 amide bonds. The van der Waals surface area contributed by atoms with Gasteiger partial charge in [-0.15, -0.1) is 11.3 Å². The lowest BCUT2D eigenvalue weighted by molar-refractivity contribution is 0.507. The Bertz CT molecular complexity index is 748. The lowest BCUT2D eigenvalue weighted by Gasteiger charge is -2.17. The van der Waals surface area contributed by atoms with E-state index >= 15 is 0 Å².